The van der Waals surface area contributed by atoms with Crippen LogP contribution in [0.1, 0.15) is 11.3 Å². The molecule has 166 valence electrons. The fourth-order valence-corrected chi connectivity index (χ4v) is 2.91. The van der Waals surface area contributed by atoms with Crippen LogP contribution < -0.4 is 11.1 Å². The zero-order chi connectivity index (χ0) is 23.3. The van der Waals surface area contributed by atoms with Gasteiger partial charge in [0.1, 0.15) is 17.2 Å². The monoisotopic (exact) mass is 457 g/mol. The van der Waals surface area contributed by atoms with Crippen molar-refractivity contribution in [1.29, 1.82) is 0 Å². The quantitative estimate of drug-likeness (QED) is 0.434. The molecule has 3 heterocycles. The molecular formula is C18H10F7N7. The SMILES string of the molecule is Nc1nc(Nc2ccc(C(F)(F)F)c(F)c2)nc(-c2c(C(F)(F)F)nc3ccccn23)n1. The first-order valence-corrected chi connectivity index (χ1v) is 8.63. The molecule has 0 aliphatic rings. The molecule has 0 aliphatic carbocycles. The Hall–Kier alpha value is -3.97. The summed E-state index contributed by atoms with van der Waals surface area (Å²) in [5.41, 5.74) is 2.08. The summed E-state index contributed by atoms with van der Waals surface area (Å²) in [6.45, 7) is 0. The van der Waals surface area contributed by atoms with Gasteiger partial charge in [0.05, 0.1) is 5.56 Å². The predicted octanol–water partition coefficient (Wildman–Crippen LogP) is 4.69. The maximum Gasteiger partial charge on any atom is 0.435 e. The first-order valence-electron chi connectivity index (χ1n) is 8.63. The zero-order valence-electron chi connectivity index (χ0n) is 15.5. The molecule has 32 heavy (non-hydrogen) atoms. The minimum absolute atomic E-state index is 0.0341. The number of benzene rings is 1. The molecule has 1 aromatic carbocycles. The summed E-state index contributed by atoms with van der Waals surface area (Å²) in [5, 5.41) is 2.41. The zero-order valence-corrected chi connectivity index (χ0v) is 15.5. The number of aromatic nitrogens is 5. The van der Waals surface area contributed by atoms with Gasteiger partial charge in [0.2, 0.25) is 11.9 Å². The van der Waals surface area contributed by atoms with Gasteiger partial charge in [-0.3, -0.25) is 4.40 Å². The standard InChI is InChI=1S/C18H10F7N7/c19-10-7-8(4-5-9(10)17(20,21)22)27-16-30-14(29-15(26)31-16)12-13(18(23,24)25)28-11-3-1-2-6-32(11)12/h1-7H,(H3,26,27,29,30,31). The Morgan fingerprint density at radius 1 is 0.875 bits per heavy atom. The second-order valence-corrected chi connectivity index (χ2v) is 6.39. The maximum atomic E-state index is 13.8. The fraction of sp³-hybridized carbons (Fsp3) is 0.111. The normalized spacial score (nSPS) is 12.3. The average molecular weight is 457 g/mol. The highest BCUT2D eigenvalue weighted by Crippen LogP contribution is 2.37. The van der Waals surface area contributed by atoms with E-state index < -0.39 is 52.8 Å². The Balaban J connectivity index is 1.79. The minimum Gasteiger partial charge on any atom is -0.368 e. The van der Waals surface area contributed by atoms with Crippen molar-refractivity contribution in [2.45, 2.75) is 12.4 Å². The molecule has 0 amide bonds. The molecule has 4 aromatic rings. The third-order valence-electron chi connectivity index (χ3n) is 4.19. The molecule has 3 aromatic heterocycles. The van der Waals surface area contributed by atoms with E-state index in [2.05, 4.69) is 25.3 Å². The number of nitrogen functional groups attached to an aromatic ring is 1. The highest BCUT2D eigenvalue weighted by atomic mass is 19.4. The molecule has 0 saturated heterocycles. The van der Waals surface area contributed by atoms with Crippen LogP contribution in [0.5, 0.6) is 0 Å². The summed E-state index contributed by atoms with van der Waals surface area (Å²) in [4.78, 5) is 14.9. The molecule has 0 bridgehead atoms. The molecule has 0 unspecified atom stereocenters. The van der Waals surface area contributed by atoms with Gasteiger partial charge in [-0.2, -0.15) is 41.3 Å². The van der Waals surface area contributed by atoms with Crippen LogP contribution >= 0.6 is 0 Å². The smallest absolute Gasteiger partial charge is 0.368 e. The van der Waals surface area contributed by atoms with E-state index in [-0.39, 0.29) is 11.3 Å². The Kier molecular flexibility index (Phi) is 4.86. The van der Waals surface area contributed by atoms with Crippen molar-refractivity contribution in [2.24, 2.45) is 0 Å². The summed E-state index contributed by atoms with van der Waals surface area (Å²) in [6, 6.07) is 6.23. The molecule has 0 saturated carbocycles. The van der Waals surface area contributed by atoms with Gasteiger partial charge in [0.15, 0.2) is 11.5 Å². The van der Waals surface area contributed by atoms with Gasteiger partial charge in [-0.25, -0.2) is 9.37 Å². The van der Waals surface area contributed by atoms with Gasteiger partial charge in [0, 0.05) is 11.9 Å². The lowest BCUT2D eigenvalue weighted by atomic mass is 10.2. The van der Waals surface area contributed by atoms with Gasteiger partial charge in [0.25, 0.3) is 0 Å². The highest BCUT2D eigenvalue weighted by Gasteiger charge is 2.39. The van der Waals surface area contributed by atoms with Crippen LogP contribution in [-0.4, -0.2) is 24.3 Å². The summed E-state index contributed by atoms with van der Waals surface area (Å²) in [7, 11) is 0. The second-order valence-electron chi connectivity index (χ2n) is 6.39. The third-order valence-corrected chi connectivity index (χ3v) is 4.19. The van der Waals surface area contributed by atoms with Gasteiger partial charge in [-0.05, 0) is 30.3 Å². The number of pyridine rings is 1. The molecule has 0 aliphatic heterocycles. The number of halogens is 7. The first kappa shape index (κ1) is 21.3. The van der Waals surface area contributed by atoms with Crippen LogP contribution in [0.4, 0.5) is 48.3 Å². The van der Waals surface area contributed by atoms with Crippen LogP contribution in [0.2, 0.25) is 0 Å². The number of fused-ring (bicyclic) bond motifs is 1. The Bertz CT molecular complexity index is 1310. The second kappa shape index (κ2) is 7.32. The molecule has 3 N–H and O–H groups in total. The van der Waals surface area contributed by atoms with E-state index in [4.69, 9.17) is 5.73 Å². The van der Waals surface area contributed by atoms with Crippen LogP contribution in [0.3, 0.4) is 0 Å². The number of hydrogen-bond donors (Lipinski definition) is 2. The lowest BCUT2D eigenvalue weighted by Crippen LogP contribution is -2.11. The lowest BCUT2D eigenvalue weighted by molar-refractivity contribution is -0.141. The molecule has 7 nitrogen and oxygen atoms in total. The van der Waals surface area contributed by atoms with E-state index in [1.54, 1.807) is 0 Å². The number of anilines is 3. The number of hydrogen-bond acceptors (Lipinski definition) is 6. The van der Waals surface area contributed by atoms with E-state index in [0.29, 0.717) is 12.1 Å². The number of nitrogens with one attached hydrogen (secondary N) is 1. The van der Waals surface area contributed by atoms with E-state index in [0.717, 1.165) is 10.5 Å². The van der Waals surface area contributed by atoms with E-state index in [9.17, 15) is 30.7 Å². The van der Waals surface area contributed by atoms with Crippen molar-refractivity contribution in [2.75, 3.05) is 11.1 Å². The Labute approximate surface area is 173 Å². The van der Waals surface area contributed by atoms with E-state index in [1.807, 2.05) is 0 Å². The Morgan fingerprint density at radius 3 is 2.28 bits per heavy atom. The van der Waals surface area contributed by atoms with Crippen molar-refractivity contribution >= 4 is 23.2 Å². The van der Waals surface area contributed by atoms with Crippen molar-refractivity contribution in [3.05, 3.63) is 59.7 Å². The lowest BCUT2D eigenvalue weighted by Gasteiger charge is -2.11. The number of nitrogens with zero attached hydrogens (tertiary/aromatic N) is 5. The van der Waals surface area contributed by atoms with Crippen molar-refractivity contribution < 1.29 is 30.7 Å². The van der Waals surface area contributed by atoms with Crippen molar-refractivity contribution in [3.63, 3.8) is 0 Å². The van der Waals surface area contributed by atoms with Gasteiger partial charge >= 0.3 is 12.4 Å². The highest BCUT2D eigenvalue weighted by molar-refractivity contribution is 5.65. The van der Waals surface area contributed by atoms with Crippen LogP contribution in [0.15, 0.2) is 42.6 Å². The average Bonchev–Trinajstić information content (AvgIpc) is 3.06. The van der Waals surface area contributed by atoms with Crippen LogP contribution in [-0.2, 0) is 12.4 Å². The summed E-state index contributed by atoms with van der Waals surface area (Å²) >= 11 is 0. The topological polar surface area (TPSA) is 94.0 Å². The van der Waals surface area contributed by atoms with Crippen molar-refractivity contribution in [1.82, 2.24) is 24.3 Å². The summed E-state index contributed by atoms with van der Waals surface area (Å²) in [6.07, 6.45) is -8.44. The van der Waals surface area contributed by atoms with Gasteiger partial charge in [-0.1, -0.05) is 6.07 Å². The minimum atomic E-state index is -4.90. The summed E-state index contributed by atoms with van der Waals surface area (Å²) < 4.78 is 93.8. The first-order chi connectivity index (χ1) is 14.9. The van der Waals surface area contributed by atoms with Crippen molar-refractivity contribution in [3.8, 4) is 11.5 Å². The molecule has 0 atom stereocenters. The predicted molar refractivity (Wildman–Crippen MR) is 98.1 cm³/mol. The Morgan fingerprint density at radius 2 is 1.62 bits per heavy atom. The van der Waals surface area contributed by atoms with E-state index >= 15 is 0 Å². The number of imidazole rings is 1. The molecule has 14 heteroatoms. The van der Waals surface area contributed by atoms with Crippen LogP contribution in [0.25, 0.3) is 17.2 Å². The number of rotatable bonds is 3. The van der Waals surface area contributed by atoms with Crippen LogP contribution in [0, 0.1) is 5.82 Å². The number of alkyl halides is 6. The molecule has 0 spiro atoms. The van der Waals surface area contributed by atoms with E-state index in [1.165, 1.54) is 24.4 Å². The summed E-state index contributed by atoms with van der Waals surface area (Å²) in [5.74, 6) is -2.96. The molecule has 0 fully saturated rings. The third kappa shape index (κ3) is 3.98. The molecular weight excluding hydrogens is 447 g/mol. The van der Waals surface area contributed by atoms with Gasteiger partial charge in [-0.15, -0.1) is 0 Å². The fourth-order valence-electron chi connectivity index (χ4n) is 2.91. The molecule has 4 rings (SSSR count). The largest absolute Gasteiger partial charge is 0.435 e. The molecule has 0 radical (unpaired) electrons. The number of nitrogens with two attached hydrogens (primary N) is 1. The van der Waals surface area contributed by atoms with Gasteiger partial charge < -0.3 is 11.1 Å². The maximum absolute atomic E-state index is 13.8.